The number of rotatable bonds is 4. The Morgan fingerprint density at radius 2 is 2.00 bits per heavy atom. The van der Waals surface area contributed by atoms with Gasteiger partial charge in [0.05, 0.1) is 5.69 Å². The van der Waals surface area contributed by atoms with E-state index in [4.69, 9.17) is 4.42 Å². The van der Waals surface area contributed by atoms with Crippen molar-refractivity contribution in [1.82, 2.24) is 20.0 Å². The van der Waals surface area contributed by atoms with Gasteiger partial charge in [0, 0.05) is 30.8 Å². The van der Waals surface area contributed by atoms with E-state index in [0.29, 0.717) is 18.5 Å². The predicted molar refractivity (Wildman–Crippen MR) is 68.4 cm³/mol. The molecule has 0 bridgehead atoms. The van der Waals surface area contributed by atoms with Crippen LogP contribution in [0.15, 0.2) is 4.42 Å². The van der Waals surface area contributed by atoms with Gasteiger partial charge in [0.2, 0.25) is 5.89 Å². The Balaban J connectivity index is 2.06. The van der Waals surface area contributed by atoms with Gasteiger partial charge in [0.25, 0.3) is 0 Å². The third-order valence-corrected chi connectivity index (χ3v) is 3.01. The van der Waals surface area contributed by atoms with E-state index in [2.05, 4.69) is 20.6 Å². The summed E-state index contributed by atoms with van der Waals surface area (Å²) >= 11 is 0. The highest BCUT2D eigenvalue weighted by Crippen LogP contribution is 2.17. The average Bonchev–Trinajstić information content (AvgIpc) is 2.85. The lowest BCUT2D eigenvalue weighted by Gasteiger charge is -2.02. The normalized spacial score (nSPS) is 11.2. The highest BCUT2D eigenvalue weighted by atomic mass is 16.4. The van der Waals surface area contributed by atoms with E-state index in [1.54, 1.807) is 0 Å². The monoisotopic (exact) mass is 249 g/mol. The summed E-state index contributed by atoms with van der Waals surface area (Å²) in [6.45, 7) is 8.73. The molecule has 0 amide bonds. The van der Waals surface area contributed by atoms with Crippen LogP contribution in [0.4, 0.5) is 6.01 Å². The SMILES string of the molecule is Cc1nn(C)c(C)c1CNc1nnc(C(C)C)o1. The first-order chi connectivity index (χ1) is 8.49. The summed E-state index contributed by atoms with van der Waals surface area (Å²) in [4.78, 5) is 0. The van der Waals surface area contributed by atoms with E-state index in [9.17, 15) is 0 Å². The molecule has 2 aromatic heterocycles. The number of hydrogen-bond donors (Lipinski definition) is 1. The molecule has 0 aliphatic heterocycles. The van der Waals surface area contributed by atoms with Gasteiger partial charge in [-0.3, -0.25) is 4.68 Å². The van der Waals surface area contributed by atoms with Crippen molar-refractivity contribution in [3.63, 3.8) is 0 Å². The minimum Gasteiger partial charge on any atom is -0.408 e. The van der Waals surface area contributed by atoms with Gasteiger partial charge in [-0.15, -0.1) is 5.10 Å². The predicted octanol–water partition coefficient (Wildman–Crippen LogP) is 2.16. The first-order valence-corrected chi connectivity index (χ1v) is 6.05. The van der Waals surface area contributed by atoms with Gasteiger partial charge in [0.1, 0.15) is 0 Å². The molecule has 0 radical (unpaired) electrons. The number of anilines is 1. The van der Waals surface area contributed by atoms with Crippen LogP contribution < -0.4 is 5.32 Å². The first-order valence-electron chi connectivity index (χ1n) is 6.05. The number of hydrogen-bond acceptors (Lipinski definition) is 5. The van der Waals surface area contributed by atoms with Crippen molar-refractivity contribution in [3.05, 3.63) is 22.8 Å². The molecule has 2 aromatic rings. The minimum atomic E-state index is 0.245. The molecule has 98 valence electrons. The quantitative estimate of drug-likeness (QED) is 0.899. The molecule has 0 unspecified atom stereocenters. The molecular formula is C12H19N5O. The van der Waals surface area contributed by atoms with Crippen LogP contribution in [0.2, 0.25) is 0 Å². The van der Waals surface area contributed by atoms with E-state index in [0.717, 1.165) is 11.4 Å². The van der Waals surface area contributed by atoms with Crippen LogP contribution in [0.25, 0.3) is 0 Å². The van der Waals surface area contributed by atoms with E-state index < -0.39 is 0 Å². The third-order valence-electron chi connectivity index (χ3n) is 3.01. The maximum absolute atomic E-state index is 5.49. The zero-order chi connectivity index (χ0) is 13.3. The lowest BCUT2D eigenvalue weighted by molar-refractivity contribution is 0.480. The van der Waals surface area contributed by atoms with E-state index in [-0.39, 0.29) is 5.92 Å². The van der Waals surface area contributed by atoms with Gasteiger partial charge in [-0.25, -0.2) is 0 Å². The molecule has 0 atom stereocenters. The van der Waals surface area contributed by atoms with Gasteiger partial charge >= 0.3 is 6.01 Å². The molecule has 0 saturated carbocycles. The number of nitrogens with zero attached hydrogens (tertiary/aromatic N) is 4. The maximum Gasteiger partial charge on any atom is 0.315 e. The van der Waals surface area contributed by atoms with E-state index in [1.165, 1.54) is 5.56 Å². The lowest BCUT2D eigenvalue weighted by Crippen LogP contribution is -2.02. The summed E-state index contributed by atoms with van der Waals surface area (Å²) < 4.78 is 7.37. The molecular weight excluding hydrogens is 230 g/mol. The summed E-state index contributed by atoms with van der Waals surface area (Å²) in [6, 6.07) is 0.460. The van der Waals surface area contributed by atoms with Crippen molar-refractivity contribution in [2.24, 2.45) is 7.05 Å². The van der Waals surface area contributed by atoms with Gasteiger partial charge in [-0.1, -0.05) is 18.9 Å². The van der Waals surface area contributed by atoms with Crippen LogP contribution in [-0.2, 0) is 13.6 Å². The largest absolute Gasteiger partial charge is 0.408 e. The second-order valence-corrected chi connectivity index (χ2v) is 4.73. The summed E-state index contributed by atoms with van der Waals surface area (Å²) in [5.41, 5.74) is 3.33. The second-order valence-electron chi connectivity index (χ2n) is 4.73. The Morgan fingerprint density at radius 3 is 2.50 bits per heavy atom. The lowest BCUT2D eigenvalue weighted by atomic mass is 10.2. The molecule has 6 heteroatoms. The molecule has 2 rings (SSSR count). The van der Waals surface area contributed by atoms with Crippen LogP contribution >= 0.6 is 0 Å². The average molecular weight is 249 g/mol. The summed E-state index contributed by atoms with van der Waals surface area (Å²) in [7, 11) is 1.94. The zero-order valence-electron chi connectivity index (χ0n) is 11.5. The van der Waals surface area contributed by atoms with Crippen molar-refractivity contribution >= 4 is 6.01 Å². The Bertz CT molecular complexity index is 541. The van der Waals surface area contributed by atoms with Crippen LogP contribution in [0.1, 0.15) is 42.6 Å². The Morgan fingerprint density at radius 1 is 1.28 bits per heavy atom. The van der Waals surface area contributed by atoms with Crippen molar-refractivity contribution in [2.75, 3.05) is 5.32 Å². The van der Waals surface area contributed by atoms with Gasteiger partial charge < -0.3 is 9.73 Å². The molecule has 0 spiro atoms. The maximum atomic E-state index is 5.49. The Hall–Kier alpha value is -1.85. The molecule has 1 N–H and O–H groups in total. The molecule has 2 heterocycles. The molecule has 6 nitrogen and oxygen atoms in total. The smallest absolute Gasteiger partial charge is 0.315 e. The highest BCUT2D eigenvalue weighted by Gasteiger charge is 2.12. The molecule has 0 aliphatic rings. The van der Waals surface area contributed by atoms with Crippen LogP contribution in [0, 0.1) is 13.8 Å². The number of aryl methyl sites for hydroxylation is 2. The van der Waals surface area contributed by atoms with E-state index in [1.807, 2.05) is 39.4 Å². The molecule has 0 saturated heterocycles. The summed E-state index contributed by atoms with van der Waals surface area (Å²) in [6.07, 6.45) is 0. The van der Waals surface area contributed by atoms with Crippen molar-refractivity contribution in [2.45, 2.75) is 40.2 Å². The summed E-state index contributed by atoms with van der Waals surface area (Å²) in [5, 5.41) is 15.4. The molecule has 0 fully saturated rings. The van der Waals surface area contributed by atoms with Crippen molar-refractivity contribution < 1.29 is 4.42 Å². The first kappa shape index (κ1) is 12.6. The van der Waals surface area contributed by atoms with E-state index >= 15 is 0 Å². The zero-order valence-corrected chi connectivity index (χ0v) is 11.5. The second kappa shape index (κ2) is 4.80. The fourth-order valence-corrected chi connectivity index (χ4v) is 1.78. The standard InChI is InChI=1S/C12H19N5O/c1-7(2)11-14-15-12(18-11)13-6-10-8(3)16-17(5)9(10)4/h7H,6H2,1-5H3,(H,13,15). The number of nitrogens with one attached hydrogen (secondary N) is 1. The van der Waals surface area contributed by atoms with Crippen molar-refractivity contribution in [1.29, 1.82) is 0 Å². The third kappa shape index (κ3) is 2.37. The topological polar surface area (TPSA) is 68.8 Å². The number of aromatic nitrogens is 4. The van der Waals surface area contributed by atoms with Crippen LogP contribution in [0.5, 0.6) is 0 Å². The van der Waals surface area contributed by atoms with Crippen LogP contribution in [-0.4, -0.2) is 20.0 Å². The van der Waals surface area contributed by atoms with Gasteiger partial charge in [0.15, 0.2) is 0 Å². The van der Waals surface area contributed by atoms with Crippen LogP contribution in [0.3, 0.4) is 0 Å². The summed E-state index contributed by atoms with van der Waals surface area (Å²) in [5.74, 6) is 0.895. The van der Waals surface area contributed by atoms with Crippen molar-refractivity contribution in [3.8, 4) is 0 Å². The highest BCUT2D eigenvalue weighted by molar-refractivity contribution is 5.29. The molecule has 0 aliphatic carbocycles. The van der Waals surface area contributed by atoms with Gasteiger partial charge in [-0.05, 0) is 13.8 Å². The fourth-order valence-electron chi connectivity index (χ4n) is 1.78. The molecule has 0 aromatic carbocycles. The molecule has 18 heavy (non-hydrogen) atoms. The minimum absolute atomic E-state index is 0.245. The Kier molecular flexibility index (Phi) is 3.36. The fraction of sp³-hybridized carbons (Fsp3) is 0.583. The Labute approximate surface area is 106 Å². The van der Waals surface area contributed by atoms with Gasteiger partial charge in [-0.2, -0.15) is 5.10 Å².